The lowest BCUT2D eigenvalue weighted by molar-refractivity contribution is -0.0397. The molecule has 0 spiro atoms. The highest BCUT2D eigenvalue weighted by molar-refractivity contribution is 5.69. The van der Waals surface area contributed by atoms with Crippen LogP contribution in [0.25, 0.3) is 0 Å². The fraction of sp³-hybridized carbons (Fsp3) is 0.500. The van der Waals surface area contributed by atoms with Crippen LogP contribution in [0.4, 0.5) is 4.79 Å². The molecule has 1 amide bonds. The topological polar surface area (TPSA) is 64.8 Å². The molecule has 0 aromatic rings. The van der Waals surface area contributed by atoms with E-state index in [1.807, 2.05) is 20.8 Å². The quantitative estimate of drug-likeness (QED) is 0.625. The molecular weight excluding hydrogens is 244 g/mol. The molecule has 0 atom stereocenters. The molecule has 1 aliphatic rings. The summed E-state index contributed by atoms with van der Waals surface area (Å²) in [7, 11) is 0. The first kappa shape index (κ1) is 15.1. The summed E-state index contributed by atoms with van der Waals surface area (Å²) in [5.74, 6) is 0.631. The average Bonchev–Trinajstić information content (AvgIpc) is 2.20. The van der Waals surface area contributed by atoms with Crippen LogP contribution in [0.3, 0.4) is 0 Å². The Bertz CT molecular complexity index is 388. The van der Waals surface area contributed by atoms with E-state index in [2.05, 4.69) is 6.58 Å². The van der Waals surface area contributed by atoms with Crippen LogP contribution >= 0.6 is 0 Å². The van der Waals surface area contributed by atoms with Gasteiger partial charge in [-0.2, -0.15) is 0 Å². The highest BCUT2D eigenvalue weighted by atomic mass is 16.6. The molecule has 1 heterocycles. The van der Waals surface area contributed by atoms with Gasteiger partial charge in [-0.25, -0.2) is 4.79 Å². The molecular formula is C14H22N2O3. The van der Waals surface area contributed by atoms with Gasteiger partial charge in [-0.15, -0.1) is 0 Å². The van der Waals surface area contributed by atoms with E-state index in [0.29, 0.717) is 18.8 Å². The number of carbonyl (C=O) groups is 1. The number of hydrogen-bond donors (Lipinski definition) is 1. The second-order valence-corrected chi connectivity index (χ2v) is 5.29. The molecule has 1 fully saturated rings. The normalized spacial score (nSPS) is 17.2. The Balaban J connectivity index is 2.39. The van der Waals surface area contributed by atoms with Crippen LogP contribution in [0.1, 0.15) is 20.8 Å². The zero-order chi connectivity index (χ0) is 14.5. The SMILES string of the molecule is C=C/C=C(\C=C/N)OC1CN(C(=O)OC(C)(C)C)C1. The standard InChI is InChI=1S/C14H22N2O3/c1-5-6-11(7-8-15)18-12-9-16(10-12)13(17)19-14(2,3)4/h5-8,12H,1,9-10,15H2,2-4H3/b8-7-,11-6+. The van der Waals surface area contributed by atoms with E-state index < -0.39 is 5.60 Å². The molecule has 1 saturated heterocycles. The first-order valence-electron chi connectivity index (χ1n) is 6.21. The maximum absolute atomic E-state index is 11.7. The van der Waals surface area contributed by atoms with Crippen molar-refractivity contribution in [3.05, 3.63) is 36.8 Å². The Morgan fingerprint density at radius 1 is 1.42 bits per heavy atom. The van der Waals surface area contributed by atoms with Crippen molar-refractivity contribution in [3.8, 4) is 0 Å². The van der Waals surface area contributed by atoms with Crippen LogP contribution < -0.4 is 5.73 Å². The Kier molecular flexibility index (Phi) is 5.03. The van der Waals surface area contributed by atoms with E-state index in [4.69, 9.17) is 15.2 Å². The van der Waals surface area contributed by atoms with E-state index in [0.717, 1.165) is 0 Å². The fourth-order valence-corrected chi connectivity index (χ4v) is 1.53. The van der Waals surface area contributed by atoms with Gasteiger partial charge in [0.05, 0.1) is 13.1 Å². The predicted molar refractivity (Wildman–Crippen MR) is 74.3 cm³/mol. The van der Waals surface area contributed by atoms with Gasteiger partial charge in [-0.1, -0.05) is 12.7 Å². The first-order chi connectivity index (χ1) is 8.85. The second-order valence-electron chi connectivity index (χ2n) is 5.29. The van der Waals surface area contributed by atoms with Crippen molar-refractivity contribution < 1.29 is 14.3 Å². The molecule has 5 heteroatoms. The molecule has 0 bridgehead atoms. The van der Waals surface area contributed by atoms with Gasteiger partial charge < -0.3 is 20.1 Å². The average molecular weight is 266 g/mol. The lowest BCUT2D eigenvalue weighted by Gasteiger charge is -2.39. The number of allylic oxidation sites excluding steroid dienone is 3. The van der Waals surface area contributed by atoms with Crippen LogP contribution in [0, 0.1) is 0 Å². The molecule has 5 nitrogen and oxygen atoms in total. The number of hydrogen-bond acceptors (Lipinski definition) is 4. The van der Waals surface area contributed by atoms with Crippen molar-refractivity contribution in [1.29, 1.82) is 0 Å². The molecule has 2 N–H and O–H groups in total. The monoisotopic (exact) mass is 266 g/mol. The van der Waals surface area contributed by atoms with Gasteiger partial charge in [0.25, 0.3) is 0 Å². The summed E-state index contributed by atoms with van der Waals surface area (Å²) >= 11 is 0. The van der Waals surface area contributed by atoms with E-state index in [1.165, 1.54) is 6.20 Å². The summed E-state index contributed by atoms with van der Waals surface area (Å²) in [6.45, 7) is 10.2. The Morgan fingerprint density at radius 3 is 2.53 bits per heavy atom. The van der Waals surface area contributed by atoms with Gasteiger partial charge in [-0.05, 0) is 39.1 Å². The van der Waals surface area contributed by atoms with Crippen molar-refractivity contribution >= 4 is 6.09 Å². The van der Waals surface area contributed by atoms with Gasteiger partial charge in [-0.3, -0.25) is 0 Å². The first-order valence-corrected chi connectivity index (χ1v) is 6.21. The maximum atomic E-state index is 11.7. The van der Waals surface area contributed by atoms with Crippen LogP contribution in [-0.4, -0.2) is 35.8 Å². The van der Waals surface area contributed by atoms with Crippen LogP contribution in [-0.2, 0) is 9.47 Å². The molecule has 106 valence electrons. The number of carbonyl (C=O) groups excluding carboxylic acids is 1. The molecule has 0 aromatic heterocycles. The van der Waals surface area contributed by atoms with Gasteiger partial charge >= 0.3 is 6.09 Å². The highest BCUT2D eigenvalue weighted by Gasteiger charge is 2.35. The molecule has 0 saturated carbocycles. The summed E-state index contributed by atoms with van der Waals surface area (Å²) in [5, 5.41) is 0. The lowest BCUT2D eigenvalue weighted by Crippen LogP contribution is -2.55. The van der Waals surface area contributed by atoms with Gasteiger partial charge in [0, 0.05) is 0 Å². The largest absolute Gasteiger partial charge is 0.487 e. The van der Waals surface area contributed by atoms with E-state index in [-0.39, 0.29) is 12.2 Å². The second kappa shape index (κ2) is 6.31. The summed E-state index contributed by atoms with van der Waals surface area (Å²) in [4.78, 5) is 13.3. The Morgan fingerprint density at radius 2 is 2.05 bits per heavy atom. The summed E-state index contributed by atoms with van der Waals surface area (Å²) < 4.78 is 10.9. The molecule has 0 aliphatic carbocycles. The smallest absolute Gasteiger partial charge is 0.410 e. The number of likely N-dealkylation sites (tertiary alicyclic amines) is 1. The minimum absolute atomic E-state index is 0.0325. The maximum Gasteiger partial charge on any atom is 0.410 e. The fourth-order valence-electron chi connectivity index (χ4n) is 1.53. The third-order valence-corrected chi connectivity index (χ3v) is 2.35. The summed E-state index contributed by atoms with van der Waals surface area (Å²) in [6, 6.07) is 0. The van der Waals surface area contributed by atoms with Crippen LogP contribution in [0.5, 0.6) is 0 Å². The molecule has 0 aromatic carbocycles. The number of ether oxygens (including phenoxy) is 2. The molecule has 0 unspecified atom stereocenters. The van der Waals surface area contributed by atoms with Gasteiger partial charge in [0.2, 0.25) is 0 Å². The summed E-state index contributed by atoms with van der Waals surface area (Å²) in [5.41, 5.74) is 4.85. The molecule has 0 radical (unpaired) electrons. The van der Waals surface area contributed by atoms with Crippen molar-refractivity contribution in [2.45, 2.75) is 32.5 Å². The van der Waals surface area contributed by atoms with Crippen LogP contribution in [0.15, 0.2) is 36.8 Å². The Labute approximate surface area is 114 Å². The molecule has 19 heavy (non-hydrogen) atoms. The zero-order valence-corrected chi connectivity index (χ0v) is 11.8. The number of rotatable bonds is 4. The minimum atomic E-state index is -0.473. The zero-order valence-electron chi connectivity index (χ0n) is 11.8. The van der Waals surface area contributed by atoms with E-state index in [9.17, 15) is 4.79 Å². The van der Waals surface area contributed by atoms with Crippen molar-refractivity contribution in [3.63, 3.8) is 0 Å². The predicted octanol–water partition coefficient (Wildman–Crippen LogP) is 2.16. The van der Waals surface area contributed by atoms with Crippen molar-refractivity contribution in [2.75, 3.05) is 13.1 Å². The van der Waals surface area contributed by atoms with E-state index in [1.54, 1.807) is 23.1 Å². The van der Waals surface area contributed by atoms with Crippen LogP contribution in [0.2, 0.25) is 0 Å². The number of amides is 1. The van der Waals surface area contributed by atoms with E-state index >= 15 is 0 Å². The lowest BCUT2D eigenvalue weighted by atomic mass is 10.1. The Hall–Kier alpha value is -1.91. The van der Waals surface area contributed by atoms with Crippen molar-refractivity contribution in [1.82, 2.24) is 4.90 Å². The van der Waals surface area contributed by atoms with Gasteiger partial charge in [0.1, 0.15) is 17.5 Å². The number of nitrogens with two attached hydrogens (primary N) is 1. The number of nitrogens with zero attached hydrogens (tertiary/aromatic N) is 1. The molecule has 1 aliphatic heterocycles. The highest BCUT2D eigenvalue weighted by Crippen LogP contribution is 2.19. The minimum Gasteiger partial charge on any atom is -0.487 e. The van der Waals surface area contributed by atoms with Gasteiger partial charge in [0.15, 0.2) is 0 Å². The third-order valence-electron chi connectivity index (χ3n) is 2.35. The summed E-state index contributed by atoms with van der Waals surface area (Å²) in [6.07, 6.45) is 6.06. The molecule has 1 rings (SSSR count). The third kappa shape index (κ3) is 5.07. The van der Waals surface area contributed by atoms with Crippen molar-refractivity contribution in [2.24, 2.45) is 5.73 Å².